The first-order chi connectivity index (χ1) is 6.97. The molecule has 1 aromatic rings. The largest absolute Gasteiger partial charge is 0.241 e. The minimum absolute atomic E-state index is 0.123. The Kier molecular flexibility index (Phi) is 4.47. The Bertz CT molecular complexity index is 447. The van der Waals surface area contributed by atoms with E-state index in [9.17, 15) is 12.8 Å². The summed E-state index contributed by atoms with van der Waals surface area (Å²) in [6.07, 6.45) is 0.719. The molecule has 0 saturated carbocycles. The van der Waals surface area contributed by atoms with Gasteiger partial charge in [-0.1, -0.05) is 6.92 Å². The van der Waals surface area contributed by atoms with E-state index in [-0.39, 0.29) is 4.90 Å². The van der Waals surface area contributed by atoms with E-state index in [4.69, 9.17) is 0 Å². The molecule has 0 aliphatic carbocycles. The molecule has 0 heterocycles. The third kappa shape index (κ3) is 3.39. The monoisotopic (exact) mass is 343 g/mol. The van der Waals surface area contributed by atoms with E-state index >= 15 is 0 Å². The molecule has 1 rings (SSSR count). The van der Waals surface area contributed by atoms with Crippen molar-refractivity contribution in [2.45, 2.75) is 18.2 Å². The quantitative estimate of drug-likeness (QED) is 0.852. The maximum atomic E-state index is 12.8. The zero-order valence-electron chi connectivity index (χ0n) is 8.13. The summed E-state index contributed by atoms with van der Waals surface area (Å²) >= 11 is 1.80. The molecule has 15 heavy (non-hydrogen) atoms. The van der Waals surface area contributed by atoms with Gasteiger partial charge >= 0.3 is 0 Å². The first-order valence-corrected chi connectivity index (χ1v) is 6.98. The van der Waals surface area contributed by atoms with Crippen molar-refractivity contribution in [1.82, 2.24) is 4.72 Å². The smallest absolute Gasteiger partial charge is 0.211 e. The Balaban J connectivity index is 3.05. The average molecular weight is 343 g/mol. The van der Waals surface area contributed by atoms with Gasteiger partial charge in [-0.05, 0) is 47.2 Å². The SMILES string of the molecule is CCCNS(=O)(=O)c1ccc(F)cc1I. The minimum atomic E-state index is -3.49. The topological polar surface area (TPSA) is 46.2 Å². The number of halogens is 2. The molecule has 1 N–H and O–H groups in total. The Morgan fingerprint density at radius 1 is 1.47 bits per heavy atom. The van der Waals surface area contributed by atoms with Gasteiger partial charge in [0.15, 0.2) is 0 Å². The summed E-state index contributed by atoms with van der Waals surface area (Å²) in [5, 5.41) is 0. The highest BCUT2D eigenvalue weighted by atomic mass is 127. The van der Waals surface area contributed by atoms with Crippen LogP contribution < -0.4 is 4.72 Å². The standard InChI is InChI=1S/C9H11FINO2S/c1-2-5-12-15(13,14)9-4-3-7(10)6-8(9)11/h3-4,6,12H,2,5H2,1H3. The Labute approximate surface area is 102 Å². The molecule has 84 valence electrons. The maximum Gasteiger partial charge on any atom is 0.241 e. The molecule has 0 aromatic heterocycles. The van der Waals surface area contributed by atoms with Gasteiger partial charge in [-0.3, -0.25) is 0 Å². The molecule has 0 fully saturated rings. The van der Waals surface area contributed by atoms with E-state index in [2.05, 4.69) is 4.72 Å². The zero-order valence-corrected chi connectivity index (χ0v) is 11.1. The van der Waals surface area contributed by atoms with E-state index in [0.717, 1.165) is 12.5 Å². The summed E-state index contributed by atoms with van der Waals surface area (Å²) < 4.78 is 39.0. The molecule has 0 aliphatic heterocycles. The third-order valence-electron chi connectivity index (χ3n) is 1.73. The molecule has 0 aliphatic rings. The van der Waals surface area contributed by atoms with E-state index in [1.54, 1.807) is 22.6 Å². The Morgan fingerprint density at radius 3 is 2.67 bits per heavy atom. The number of sulfonamides is 1. The van der Waals surface area contributed by atoms with Crippen LogP contribution in [-0.4, -0.2) is 15.0 Å². The predicted octanol–water partition coefficient (Wildman–Crippen LogP) is 2.12. The first-order valence-electron chi connectivity index (χ1n) is 4.42. The van der Waals surface area contributed by atoms with Crippen LogP contribution in [0.5, 0.6) is 0 Å². The molecular weight excluding hydrogens is 332 g/mol. The molecule has 0 radical (unpaired) electrons. The lowest BCUT2D eigenvalue weighted by Crippen LogP contribution is -2.25. The lowest BCUT2D eigenvalue weighted by atomic mass is 10.3. The lowest BCUT2D eigenvalue weighted by Gasteiger charge is -2.07. The van der Waals surface area contributed by atoms with Crippen LogP contribution >= 0.6 is 22.6 Å². The Hall–Kier alpha value is -0.210. The predicted molar refractivity (Wildman–Crippen MR) is 64.6 cm³/mol. The summed E-state index contributed by atoms with van der Waals surface area (Å²) in [7, 11) is -3.49. The molecule has 0 saturated heterocycles. The van der Waals surface area contributed by atoms with Crippen molar-refractivity contribution in [2.75, 3.05) is 6.54 Å². The van der Waals surface area contributed by atoms with Crippen molar-refractivity contribution in [2.24, 2.45) is 0 Å². The van der Waals surface area contributed by atoms with Crippen molar-refractivity contribution in [3.8, 4) is 0 Å². The Morgan fingerprint density at radius 2 is 2.13 bits per heavy atom. The number of hydrogen-bond acceptors (Lipinski definition) is 2. The normalized spacial score (nSPS) is 11.7. The third-order valence-corrected chi connectivity index (χ3v) is 4.50. The second-order valence-electron chi connectivity index (χ2n) is 2.97. The van der Waals surface area contributed by atoms with Crippen LogP contribution in [0.2, 0.25) is 0 Å². The van der Waals surface area contributed by atoms with Gasteiger partial charge in [0, 0.05) is 10.1 Å². The fraction of sp³-hybridized carbons (Fsp3) is 0.333. The second kappa shape index (κ2) is 5.22. The van der Waals surface area contributed by atoms with Crippen molar-refractivity contribution >= 4 is 32.6 Å². The van der Waals surface area contributed by atoms with Crippen LogP contribution in [0.3, 0.4) is 0 Å². The summed E-state index contributed by atoms with van der Waals surface area (Å²) in [6.45, 7) is 2.26. The summed E-state index contributed by atoms with van der Waals surface area (Å²) in [5.41, 5.74) is 0. The van der Waals surface area contributed by atoms with Crippen LogP contribution in [0.25, 0.3) is 0 Å². The molecule has 0 unspecified atom stereocenters. The van der Waals surface area contributed by atoms with Gasteiger partial charge in [0.1, 0.15) is 5.82 Å². The van der Waals surface area contributed by atoms with E-state index in [1.807, 2.05) is 6.92 Å². The van der Waals surface area contributed by atoms with Gasteiger partial charge in [0.2, 0.25) is 10.0 Å². The van der Waals surface area contributed by atoms with Crippen LogP contribution in [0.4, 0.5) is 4.39 Å². The average Bonchev–Trinajstić information content (AvgIpc) is 2.14. The zero-order chi connectivity index (χ0) is 11.5. The van der Waals surface area contributed by atoms with Crippen LogP contribution in [-0.2, 0) is 10.0 Å². The van der Waals surface area contributed by atoms with Crippen molar-refractivity contribution in [1.29, 1.82) is 0 Å². The van der Waals surface area contributed by atoms with Crippen LogP contribution in [0.1, 0.15) is 13.3 Å². The maximum absolute atomic E-state index is 12.8. The minimum Gasteiger partial charge on any atom is -0.211 e. The number of hydrogen-bond donors (Lipinski definition) is 1. The van der Waals surface area contributed by atoms with Gasteiger partial charge in [-0.15, -0.1) is 0 Å². The van der Waals surface area contributed by atoms with Crippen molar-refractivity contribution in [3.05, 3.63) is 27.6 Å². The highest BCUT2D eigenvalue weighted by molar-refractivity contribution is 14.1. The number of nitrogens with one attached hydrogen (secondary N) is 1. The van der Waals surface area contributed by atoms with Crippen LogP contribution in [0, 0.1) is 9.39 Å². The van der Waals surface area contributed by atoms with Crippen molar-refractivity contribution < 1.29 is 12.8 Å². The molecule has 0 spiro atoms. The highest BCUT2D eigenvalue weighted by Crippen LogP contribution is 2.18. The molecule has 3 nitrogen and oxygen atoms in total. The van der Waals surface area contributed by atoms with E-state index < -0.39 is 15.8 Å². The molecule has 0 amide bonds. The van der Waals surface area contributed by atoms with E-state index in [1.165, 1.54) is 12.1 Å². The van der Waals surface area contributed by atoms with Gasteiger partial charge < -0.3 is 0 Å². The lowest BCUT2D eigenvalue weighted by molar-refractivity contribution is 0.579. The highest BCUT2D eigenvalue weighted by Gasteiger charge is 2.16. The van der Waals surface area contributed by atoms with E-state index in [0.29, 0.717) is 10.1 Å². The van der Waals surface area contributed by atoms with Gasteiger partial charge in [-0.2, -0.15) is 0 Å². The van der Waals surface area contributed by atoms with Crippen molar-refractivity contribution in [3.63, 3.8) is 0 Å². The summed E-state index contributed by atoms with van der Waals surface area (Å²) in [4.78, 5) is 0.123. The molecular formula is C9H11FINO2S. The molecule has 0 bridgehead atoms. The van der Waals surface area contributed by atoms with Gasteiger partial charge in [0.05, 0.1) is 4.90 Å². The fourth-order valence-corrected chi connectivity index (χ4v) is 3.55. The molecule has 6 heteroatoms. The van der Waals surface area contributed by atoms with Gasteiger partial charge in [0.25, 0.3) is 0 Å². The van der Waals surface area contributed by atoms with Crippen LogP contribution in [0.15, 0.2) is 23.1 Å². The number of benzene rings is 1. The summed E-state index contributed by atoms with van der Waals surface area (Å²) in [6, 6.07) is 3.61. The molecule has 1 aromatic carbocycles. The second-order valence-corrected chi connectivity index (χ2v) is 5.87. The fourth-order valence-electron chi connectivity index (χ4n) is 1.01. The summed E-state index contributed by atoms with van der Waals surface area (Å²) in [5.74, 6) is -0.436. The van der Waals surface area contributed by atoms with Gasteiger partial charge in [-0.25, -0.2) is 17.5 Å². The first kappa shape index (κ1) is 12.9. The number of rotatable bonds is 4. The molecule has 0 atom stereocenters.